The fourth-order valence-corrected chi connectivity index (χ4v) is 2.96. The van der Waals surface area contributed by atoms with Gasteiger partial charge in [-0.1, -0.05) is 31.4 Å². The van der Waals surface area contributed by atoms with Crippen LogP contribution < -0.4 is 5.56 Å². The lowest BCUT2D eigenvalue weighted by Crippen LogP contribution is -2.38. The normalized spacial score (nSPS) is 18.6. The molecular formula is C15H18N2O2. The number of aliphatic hydroxyl groups is 1. The number of rotatable bonds is 1. The number of aromatic nitrogens is 2. The van der Waals surface area contributed by atoms with Crippen molar-refractivity contribution in [2.75, 3.05) is 0 Å². The summed E-state index contributed by atoms with van der Waals surface area (Å²) in [6.07, 6.45) is 4.29. The van der Waals surface area contributed by atoms with Crippen LogP contribution in [0.1, 0.15) is 37.8 Å². The van der Waals surface area contributed by atoms with E-state index in [-0.39, 0.29) is 5.56 Å². The van der Waals surface area contributed by atoms with Crippen LogP contribution in [0.25, 0.3) is 11.0 Å². The fourth-order valence-electron chi connectivity index (χ4n) is 2.96. The highest BCUT2D eigenvalue weighted by Crippen LogP contribution is 2.34. The third-order valence-electron chi connectivity index (χ3n) is 4.10. The van der Waals surface area contributed by atoms with E-state index in [1.54, 1.807) is 11.6 Å². The van der Waals surface area contributed by atoms with E-state index in [2.05, 4.69) is 4.98 Å². The zero-order valence-corrected chi connectivity index (χ0v) is 11.1. The van der Waals surface area contributed by atoms with Crippen LogP contribution >= 0.6 is 0 Å². The number of para-hydroxylation sites is 2. The van der Waals surface area contributed by atoms with E-state index in [0.717, 1.165) is 30.3 Å². The van der Waals surface area contributed by atoms with Gasteiger partial charge in [-0.3, -0.25) is 4.79 Å². The molecule has 100 valence electrons. The number of fused-ring (bicyclic) bond motifs is 1. The molecule has 1 fully saturated rings. The maximum absolute atomic E-state index is 12.4. The smallest absolute Gasteiger partial charge is 0.275 e. The highest BCUT2D eigenvalue weighted by Gasteiger charge is 2.35. The number of nitrogens with zero attached hydrogens (tertiary/aromatic N) is 2. The first kappa shape index (κ1) is 12.4. The lowest BCUT2D eigenvalue weighted by Gasteiger charge is -2.31. The molecule has 0 saturated heterocycles. The summed E-state index contributed by atoms with van der Waals surface area (Å²) in [4.78, 5) is 16.9. The van der Waals surface area contributed by atoms with Crippen molar-refractivity contribution in [2.24, 2.45) is 7.05 Å². The summed E-state index contributed by atoms with van der Waals surface area (Å²) < 4.78 is 1.59. The van der Waals surface area contributed by atoms with Gasteiger partial charge in [0.2, 0.25) is 0 Å². The Hall–Kier alpha value is -1.68. The van der Waals surface area contributed by atoms with Gasteiger partial charge in [-0.05, 0) is 25.0 Å². The van der Waals surface area contributed by atoms with Crippen molar-refractivity contribution in [3.8, 4) is 0 Å². The Balaban J connectivity index is 2.24. The molecule has 2 aromatic rings. The minimum Gasteiger partial charge on any atom is -0.383 e. The van der Waals surface area contributed by atoms with E-state index in [1.807, 2.05) is 24.3 Å². The largest absolute Gasteiger partial charge is 0.383 e. The van der Waals surface area contributed by atoms with E-state index >= 15 is 0 Å². The molecule has 1 N–H and O–H groups in total. The molecule has 4 nitrogen and oxygen atoms in total. The summed E-state index contributed by atoms with van der Waals surface area (Å²) >= 11 is 0. The van der Waals surface area contributed by atoms with Crippen LogP contribution in [-0.4, -0.2) is 14.7 Å². The highest BCUT2D eigenvalue weighted by molar-refractivity contribution is 5.74. The third kappa shape index (κ3) is 1.96. The van der Waals surface area contributed by atoms with Crippen LogP contribution in [0, 0.1) is 0 Å². The molecule has 0 amide bonds. The average molecular weight is 258 g/mol. The van der Waals surface area contributed by atoms with E-state index in [0.29, 0.717) is 18.5 Å². The molecule has 4 heteroatoms. The van der Waals surface area contributed by atoms with Crippen LogP contribution in [0.2, 0.25) is 0 Å². The Bertz CT molecular complexity index is 669. The van der Waals surface area contributed by atoms with Crippen molar-refractivity contribution in [3.63, 3.8) is 0 Å². The Morgan fingerprint density at radius 1 is 1.21 bits per heavy atom. The molecule has 0 bridgehead atoms. The number of hydrogen-bond donors (Lipinski definition) is 1. The molecule has 1 heterocycles. The number of aryl methyl sites for hydroxylation is 1. The minimum absolute atomic E-state index is 0.178. The van der Waals surface area contributed by atoms with Gasteiger partial charge in [0, 0.05) is 7.05 Å². The van der Waals surface area contributed by atoms with Crippen molar-refractivity contribution < 1.29 is 5.11 Å². The molecule has 1 aromatic heterocycles. The molecule has 19 heavy (non-hydrogen) atoms. The fraction of sp³-hybridized carbons (Fsp3) is 0.467. The summed E-state index contributed by atoms with van der Waals surface area (Å²) in [7, 11) is 1.74. The van der Waals surface area contributed by atoms with Crippen LogP contribution in [0.4, 0.5) is 0 Å². The lowest BCUT2D eigenvalue weighted by atomic mass is 9.82. The summed E-state index contributed by atoms with van der Waals surface area (Å²) in [5, 5.41) is 10.7. The third-order valence-corrected chi connectivity index (χ3v) is 4.10. The van der Waals surface area contributed by atoms with Crippen LogP contribution in [-0.2, 0) is 12.6 Å². The molecule has 0 atom stereocenters. The molecule has 0 radical (unpaired) electrons. The predicted octanol–water partition coefficient (Wildman–Crippen LogP) is 2.09. The quantitative estimate of drug-likeness (QED) is 0.852. The van der Waals surface area contributed by atoms with E-state index in [4.69, 9.17) is 0 Å². The topological polar surface area (TPSA) is 55.1 Å². The standard InChI is InChI=1S/C15H18N2O2/c1-17-12-8-4-3-7-11(12)16-13(14(17)18)15(19)9-5-2-6-10-15/h3-4,7-8,19H,2,5-6,9-10H2,1H3. The number of benzene rings is 1. The maximum Gasteiger partial charge on any atom is 0.275 e. The monoisotopic (exact) mass is 258 g/mol. The molecule has 1 aliphatic carbocycles. The van der Waals surface area contributed by atoms with Gasteiger partial charge >= 0.3 is 0 Å². The Morgan fingerprint density at radius 3 is 2.63 bits per heavy atom. The van der Waals surface area contributed by atoms with Gasteiger partial charge in [-0.25, -0.2) is 4.98 Å². The van der Waals surface area contributed by atoms with Crippen molar-refractivity contribution >= 4 is 11.0 Å². The molecule has 0 unspecified atom stereocenters. The number of hydrogen-bond acceptors (Lipinski definition) is 3. The van der Waals surface area contributed by atoms with E-state index in [9.17, 15) is 9.90 Å². The molecule has 1 aliphatic rings. The SMILES string of the molecule is Cn1c(=O)c(C2(O)CCCCC2)nc2ccccc21. The molecular weight excluding hydrogens is 240 g/mol. The second kappa shape index (κ2) is 4.46. The van der Waals surface area contributed by atoms with Crippen LogP contribution in [0.5, 0.6) is 0 Å². The van der Waals surface area contributed by atoms with Gasteiger partial charge in [0.25, 0.3) is 5.56 Å². The van der Waals surface area contributed by atoms with Gasteiger partial charge < -0.3 is 9.67 Å². The Labute approximate surface area is 111 Å². The second-order valence-corrected chi connectivity index (χ2v) is 5.41. The summed E-state index contributed by atoms with van der Waals surface area (Å²) in [5.41, 5.74) is 0.655. The summed E-state index contributed by atoms with van der Waals surface area (Å²) in [5.74, 6) is 0. The first-order valence-corrected chi connectivity index (χ1v) is 6.80. The van der Waals surface area contributed by atoms with Crippen molar-refractivity contribution in [2.45, 2.75) is 37.7 Å². The van der Waals surface area contributed by atoms with Crippen LogP contribution in [0.15, 0.2) is 29.1 Å². The Morgan fingerprint density at radius 2 is 1.89 bits per heavy atom. The van der Waals surface area contributed by atoms with Gasteiger partial charge in [0.1, 0.15) is 11.3 Å². The summed E-state index contributed by atoms with van der Waals surface area (Å²) in [6.45, 7) is 0. The first-order chi connectivity index (χ1) is 9.12. The second-order valence-electron chi connectivity index (χ2n) is 5.41. The average Bonchev–Trinajstić information content (AvgIpc) is 2.43. The molecule has 0 aliphatic heterocycles. The van der Waals surface area contributed by atoms with Crippen molar-refractivity contribution in [1.29, 1.82) is 0 Å². The van der Waals surface area contributed by atoms with Crippen LogP contribution in [0.3, 0.4) is 0 Å². The predicted molar refractivity (Wildman–Crippen MR) is 74.0 cm³/mol. The van der Waals surface area contributed by atoms with E-state index < -0.39 is 5.60 Å². The lowest BCUT2D eigenvalue weighted by molar-refractivity contribution is -0.00602. The first-order valence-electron chi connectivity index (χ1n) is 6.80. The van der Waals surface area contributed by atoms with Crippen molar-refractivity contribution in [3.05, 3.63) is 40.3 Å². The highest BCUT2D eigenvalue weighted by atomic mass is 16.3. The minimum atomic E-state index is -1.04. The molecule has 3 rings (SSSR count). The Kier molecular flexibility index (Phi) is 2.90. The van der Waals surface area contributed by atoms with Gasteiger partial charge in [0.15, 0.2) is 0 Å². The van der Waals surface area contributed by atoms with Gasteiger partial charge in [-0.15, -0.1) is 0 Å². The summed E-state index contributed by atoms with van der Waals surface area (Å²) in [6, 6.07) is 7.54. The van der Waals surface area contributed by atoms with Gasteiger partial charge in [-0.2, -0.15) is 0 Å². The van der Waals surface area contributed by atoms with E-state index in [1.165, 1.54) is 0 Å². The molecule has 1 saturated carbocycles. The molecule has 1 aromatic carbocycles. The maximum atomic E-state index is 12.4. The zero-order chi connectivity index (χ0) is 13.5. The van der Waals surface area contributed by atoms with Crippen molar-refractivity contribution in [1.82, 2.24) is 9.55 Å². The van der Waals surface area contributed by atoms with Gasteiger partial charge in [0.05, 0.1) is 11.0 Å². The zero-order valence-electron chi connectivity index (χ0n) is 11.1. The molecule has 0 spiro atoms.